The van der Waals surface area contributed by atoms with Crippen molar-refractivity contribution in [1.29, 1.82) is 0 Å². The van der Waals surface area contributed by atoms with Crippen molar-refractivity contribution < 1.29 is 13.2 Å². The number of hydrogen-bond donors (Lipinski definition) is 1. The molecule has 120 valence electrons. The van der Waals surface area contributed by atoms with E-state index in [1.807, 2.05) is 18.2 Å². The van der Waals surface area contributed by atoms with Gasteiger partial charge in [0.05, 0.1) is 0 Å². The normalized spacial score (nSPS) is 13.6. The Kier molecular flexibility index (Phi) is 7.75. The van der Waals surface area contributed by atoms with Crippen molar-refractivity contribution in [3.05, 3.63) is 35.9 Å². The van der Waals surface area contributed by atoms with Gasteiger partial charge in [0.15, 0.2) is 0 Å². The van der Waals surface area contributed by atoms with Gasteiger partial charge in [-0.25, -0.2) is 0 Å². The van der Waals surface area contributed by atoms with Crippen molar-refractivity contribution in [2.75, 3.05) is 26.2 Å². The molecule has 0 aliphatic carbocycles. The summed E-state index contributed by atoms with van der Waals surface area (Å²) < 4.78 is 36.3. The van der Waals surface area contributed by atoms with Gasteiger partial charge in [0.1, 0.15) is 0 Å². The molecule has 0 saturated heterocycles. The Labute approximate surface area is 125 Å². The van der Waals surface area contributed by atoms with E-state index in [1.54, 1.807) is 0 Å². The van der Waals surface area contributed by atoms with E-state index in [4.69, 9.17) is 0 Å². The number of hydrogen-bond acceptors (Lipinski definition) is 2. The first kappa shape index (κ1) is 18.0. The minimum Gasteiger partial charge on any atom is -0.315 e. The third-order valence-corrected chi connectivity index (χ3v) is 3.59. The minimum absolute atomic E-state index is 0.128. The zero-order chi connectivity index (χ0) is 15.7. The van der Waals surface area contributed by atoms with Crippen LogP contribution < -0.4 is 5.32 Å². The molecule has 0 aromatic heterocycles. The largest absolute Gasteiger partial charge is 0.389 e. The van der Waals surface area contributed by atoms with E-state index >= 15 is 0 Å². The zero-order valence-corrected chi connectivity index (χ0v) is 12.8. The van der Waals surface area contributed by atoms with Gasteiger partial charge in [-0.05, 0) is 31.6 Å². The molecule has 0 bridgehead atoms. The molecule has 0 aliphatic heterocycles. The second-order valence-corrected chi connectivity index (χ2v) is 5.07. The van der Waals surface area contributed by atoms with Gasteiger partial charge in [-0.3, -0.25) is 4.90 Å². The summed E-state index contributed by atoms with van der Waals surface area (Å²) >= 11 is 0. The van der Waals surface area contributed by atoms with Gasteiger partial charge in [-0.2, -0.15) is 13.2 Å². The molecule has 0 fully saturated rings. The highest BCUT2D eigenvalue weighted by Crippen LogP contribution is 2.21. The fraction of sp³-hybridized carbons (Fsp3) is 0.625. The predicted octanol–water partition coefficient (Wildman–Crippen LogP) is 4.00. The van der Waals surface area contributed by atoms with Crippen LogP contribution in [0.1, 0.15) is 38.3 Å². The number of rotatable bonds is 9. The van der Waals surface area contributed by atoms with E-state index in [1.165, 1.54) is 5.56 Å². The molecule has 5 heteroatoms. The topological polar surface area (TPSA) is 15.3 Å². The monoisotopic (exact) mass is 302 g/mol. The van der Waals surface area contributed by atoms with E-state index in [2.05, 4.69) is 36.2 Å². The molecule has 1 aromatic carbocycles. The van der Waals surface area contributed by atoms with E-state index in [9.17, 15) is 13.2 Å². The number of nitrogens with one attached hydrogen (secondary N) is 1. The SMILES string of the molecule is CCN(CC)C(CNCCCC(F)(F)F)c1ccccc1. The first-order chi connectivity index (χ1) is 9.98. The highest BCUT2D eigenvalue weighted by Gasteiger charge is 2.26. The van der Waals surface area contributed by atoms with Crippen LogP contribution in [0.15, 0.2) is 30.3 Å². The van der Waals surface area contributed by atoms with Gasteiger partial charge >= 0.3 is 6.18 Å². The lowest BCUT2D eigenvalue weighted by molar-refractivity contribution is -0.135. The average Bonchev–Trinajstić information content (AvgIpc) is 2.46. The lowest BCUT2D eigenvalue weighted by atomic mass is 10.1. The van der Waals surface area contributed by atoms with E-state index < -0.39 is 12.6 Å². The molecule has 0 spiro atoms. The van der Waals surface area contributed by atoms with Crippen molar-refractivity contribution in [1.82, 2.24) is 10.2 Å². The molecule has 0 aliphatic rings. The summed E-state index contributed by atoms with van der Waals surface area (Å²) in [5, 5.41) is 3.16. The Morgan fingerprint density at radius 1 is 1.10 bits per heavy atom. The molecular formula is C16H25F3N2. The van der Waals surface area contributed by atoms with Crippen LogP contribution in [0.25, 0.3) is 0 Å². The third kappa shape index (κ3) is 6.96. The highest BCUT2D eigenvalue weighted by molar-refractivity contribution is 5.19. The van der Waals surface area contributed by atoms with Gasteiger partial charge in [0.25, 0.3) is 0 Å². The molecule has 1 unspecified atom stereocenters. The van der Waals surface area contributed by atoms with Gasteiger partial charge in [0.2, 0.25) is 0 Å². The Morgan fingerprint density at radius 2 is 1.71 bits per heavy atom. The molecule has 0 heterocycles. The number of likely N-dealkylation sites (N-methyl/N-ethyl adjacent to an activating group) is 1. The predicted molar refractivity (Wildman–Crippen MR) is 80.3 cm³/mol. The molecule has 1 rings (SSSR count). The van der Waals surface area contributed by atoms with Crippen LogP contribution in [-0.4, -0.2) is 37.3 Å². The summed E-state index contributed by atoms with van der Waals surface area (Å²) in [5.41, 5.74) is 1.20. The summed E-state index contributed by atoms with van der Waals surface area (Å²) in [6, 6.07) is 10.3. The summed E-state index contributed by atoms with van der Waals surface area (Å²) in [6.07, 6.45) is -4.65. The molecule has 0 amide bonds. The van der Waals surface area contributed by atoms with Crippen molar-refractivity contribution in [2.45, 2.75) is 38.9 Å². The summed E-state index contributed by atoms with van der Waals surface area (Å²) in [6.45, 7) is 7.10. The Hall–Kier alpha value is -1.07. The first-order valence-electron chi connectivity index (χ1n) is 7.54. The Morgan fingerprint density at radius 3 is 2.24 bits per heavy atom. The van der Waals surface area contributed by atoms with E-state index in [0.29, 0.717) is 13.1 Å². The first-order valence-corrected chi connectivity index (χ1v) is 7.54. The van der Waals surface area contributed by atoms with Crippen LogP contribution in [0.5, 0.6) is 0 Å². The summed E-state index contributed by atoms with van der Waals surface area (Å²) in [7, 11) is 0. The number of halogens is 3. The molecular weight excluding hydrogens is 277 g/mol. The standard InChI is InChI=1S/C16H25F3N2/c1-3-21(4-2)15(14-9-6-5-7-10-14)13-20-12-8-11-16(17,18)19/h5-7,9-10,15,20H,3-4,8,11-13H2,1-2H3. The van der Waals surface area contributed by atoms with Gasteiger partial charge in [-0.15, -0.1) is 0 Å². The minimum atomic E-state index is -4.06. The van der Waals surface area contributed by atoms with Crippen molar-refractivity contribution in [2.24, 2.45) is 0 Å². The Balaban J connectivity index is 2.51. The molecule has 1 N–H and O–H groups in total. The Bertz CT molecular complexity index is 375. The number of alkyl halides is 3. The van der Waals surface area contributed by atoms with Crippen molar-refractivity contribution >= 4 is 0 Å². The van der Waals surface area contributed by atoms with Crippen LogP contribution in [0, 0.1) is 0 Å². The van der Waals surface area contributed by atoms with Crippen molar-refractivity contribution in [3.8, 4) is 0 Å². The van der Waals surface area contributed by atoms with Gasteiger partial charge in [-0.1, -0.05) is 44.2 Å². The maximum Gasteiger partial charge on any atom is 0.389 e. The highest BCUT2D eigenvalue weighted by atomic mass is 19.4. The van der Waals surface area contributed by atoms with Crippen LogP contribution in [0.4, 0.5) is 13.2 Å². The van der Waals surface area contributed by atoms with Crippen LogP contribution in [-0.2, 0) is 0 Å². The quantitative estimate of drug-likeness (QED) is 0.694. The van der Waals surface area contributed by atoms with Gasteiger partial charge < -0.3 is 5.32 Å². The zero-order valence-electron chi connectivity index (χ0n) is 12.8. The van der Waals surface area contributed by atoms with Crippen LogP contribution >= 0.6 is 0 Å². The average molecular weight is 302 g/mol. The lowest BCUT2D eigenvalue weighted by Crippen LogP contribution is -2.36. The molecule has 0 radical (unpaired) electrons. The second kappa shape index (κ2) is 9.05. The molecule has 1 atom stereocenters. The molecule has 21 heavy (non-hydrogen) atoms. The molecule has 0 saturated carbocycles. The maximum atomic E-state index is 12.1. The summed E-state index contributed by atoms with van der Waals surface area (Å²) in [5.74, 6) is 0. The molecule has 1 aromatic rings. The number of benzene rings is 1. The fourth-order valence-corrected chi connectivity index (χ4v) is 2.45. The van der Waals surface area contributed by atoms with Crippen LogP contribution in [0.2, 0.25) is 0 Å². The second-order valence-electron chi connectivity index (χ2n) is 5.07. The van der Waals surface area contributed by atoms with E-state index in [0.717, 1.165) is 13.1 Å². The summed E-state index contributed by atoms with van der Waals surface area (Å²) in [4.78, 5) is 2.31. The van der Waals surface area contributed by atoms with E-state index in [-0.39, 0.29) is 12.5 Å². The molecule has 2 nitrogen and oxygen atoms in total. The third-order valence-electron chi connectivity index (χ3n) is 3.59. The lowest BCUT2D eigenvalue weighted by Gasteiger charge is -2.30. The van der Waals surface area contributed by atoms with Crippen molar-refractivity contribution in [3.63, 3.8) is 0 Å². The maximum absolute atomic E-state index is 12.1. The number of nitrogens with zero attached hydrogens (tertiary/aromatic N) is 1. The smallest absolute Gasteiger partial charge is 0.315 e. The van der Waals surface area contributed by atoms with Gasteiger partial charge in [0, 0.05) is 19.0 Å². The van der Waals surface area contributed by atoms with Crippen LogP contribution in [0.3, 0.4) is 0 Å². The fourth-order valence-electron chi connectivity index (χ4n) is 2.45.